The molecule has 0 saturated carbocycles. The Balaban J connectivity index is 2.92. The van der Waals surface area contributed by atoms with Gasteiger partial charge < -0.3 is 15.3 Å². The van der Waals surface area contributed by atoms with Gasteiger partial charge in [-0.1, -0.05) is 0 Å². The highest BCUT2D eigenvalue weighted by Gasteiger charge is 2.20. The third-order valence-electron chi connectivity index (χ3n) is 2.82. The fourth-order valence-corrected chi connectivity index (χ4v) is 1.59. The largest absolute Gasteiger partial charge is 0.481 e. The van der Waals surface area contributed by atoms with Crippen LogP contribution in [0.3, 0.4) is 0 Å². The second-order valence-electron chi connectivity index (χ2n) is 4.32. The van der Waals surface area contributed by atoms with Crippen molar-refractivity contribution in [2.75, 3.05) is 18.9 Å². The zero-order chi connectivity index (χ0) is 16.2. The van der Waals surface area contributed by atoms with Crippen molar-refractivity contribution in [3.63, 3.8) is 0 Å². The van der Waals surface area contributed by atoms with Crippen molar-refractivity contribution >= 4 is 23.4 Å². The van der Waals surface area contributed by atoms with Crippen molar-refractivity contribution in [1.29, 1.82) is 0 Å². The molecule has 0 unspecified atom stereocenters. The number of hydrogen-bond donors (Lipinski definition) is 2. The molecule has 0 heterocycles. The van der Waals surface area contributed by atoms with E-state index < -0.39 is 22.7 Å². The van der Waals surface area contributed by atoms with Gasteiger partial charge in [0.1, 0.15) is 5.82 Å². The number of amides is 2. The number of carbonyl (C=O) groups excluding carboxylic acids is 1. The van der Waals surface area contributed by atoms with Crippen LogP contribution in [0.25, 0.3) is 0 Å². The summed E-state index contributed by atoms with van der Waals surface area (Å²) in [7, 11) is 1.34. The Hall–Kier alpha value is -2.71. The van der Waals surface area contributed by atoms with Crippen molar-refractivity contribution in [2.24, 2.45) is 0 Å². The van der Waals surface area contributed by atoms with E-state index in [-0.39, 0.29) is 29.9 Å². The lowest BCUT2D eigenvalue weighted by Gasteiger charge is -2.18. The van der Waals surface area contributed by atoms with Crippen molar-refractivity contribution in [3.8, 4) is 0 Å². The summed E-state index contributed by atoms with van der Waals surface area (Å²) in [6.07, 6.45) is -0.264. The first-order valence-electron chi connectivity index (χ1n) is 5.91. The zero-order valence-corrected chi connectivity index (χ0v) is 11.4. The molecule has 2 amide bonds. The van der Waals surface area contributed by atoms with Gasteiger partial charge in [0.05, 0.1) is 22.6 Å². The van der Waals surface area contributed by atoms with Crippen LogP contribution < -0.4 is 5.32 Å². The van der Waals surface area contributed by atoms with Gasteiger partial charge in [-0.3, -0.25) is 14.9 Å². The maximum atomic E-state index is 13.7. The van der Waals surface area contributed by atoms with Crippen LogP contribution in [0, 0.1) is 22.9 Å². The van der Waals surface area contributed by atoms with Crippen molar-refractivity contribution in [1.82, 2.24) is 4.90 Å². The number of carboxylic acid groups (broad SMARTS) is 1. The number of benzene rings is 1. The number of anilines is 1. The molecular weight excluding hydrogens is 285 g/mol. The lowest BCUT2D eigenvalue weighted by molar-refractivity contribution is -0.385. The van der Waals surface area contributed by atoms with E-state index in [9.17, 15) is 24.1 Å². The van der Waals surface area contributed by atoms with Crippen LogP contribution in [-0.4, -0.2) is 40.5 Å². The number of carboxylic acids is 1. The maximum absolute atomic E-state index is 13.7. The zero-order valence-electron chi connectivity index (χ0n) is 11.4. The summed E-state index contributed by atoms with van der Waals surface area (Å²) >= 11 is 0. The second kappa shape index (κ2) is 6.64. The number of aliphatic carboxylic acids is 1. The normalized spacial score (nSPS) is 10.0. The van der Waals surface area contributed by atoms with Crippen molar-refractivity contribution in [2.45, 2.75) is 13.3 Å². The number of nitro groups is 1. The standard InChI is InChI=1S/C12H14FN3O5/c1-7-9(16(20)21)4-3-8(13)11(7)14-12(19)15(2)6-5-10(17)18/h3-4H,5-6H2,1-2H3,(H,14,19)(H,17,18). The van der Waals surface area contributed by atoms with E-state index in [1.165, 1.54) is 14.0 Å². The summed E-state index contributed by atoms with van der Waals surface area (Å²) in [5, 5.41) is 21.5. The molecule has 0 atom stereocenters. The van der Waals surface area contributed by atoms with Gasteiger partial charge in [-0.15, -0.1) is 0 Å². The number of halogens is 1. The van der Waals surface area contributed by atoms with Gasteiger partial charge >= 0.3 is 12.0 Å². The van der Waals surface area contributed by atoms with E-state index in [0.29, 0.717) is 0 Å². The molecular formula is C12H14FN3O5. The number of carbonyl (C=O) groups is 2. The Morgan fingerprint density at radius 3 is 2.62 bits per heavy atom. The minimum atomic E-state index is -1.08. The van der Waals surface area contributed by atoms with Gasteiger partial charge in [0.2, 0.25) is 0 Å². The molecule has 9 heteroatoms. The number of rotatable bonds is 5. The third kappa shape index (κ3) is 4.13. The number of nitro benzene ring substituents is 1. The summed E-state index contributed by atoms with van der Waals surface area (Å²) in [6, 6.07) is 1.14. The van der Waals surface area contributed by atoms with Gasteiger partial charge in [-0.25, -0.2) is 9.18 Å². The first-order chi connectivity index (χ1) is 9.73. The molecule has 1 rings (SSSR count). The minimum Gasteiger partial charge on any atom is -0.481 e. The highest BCUT2D eigenvalue weighted by atomic mass is 19.1. The Bertz CT molecular complexity index is 591. The summed E-state index contributed by atoms with van der Waals surface area (Å²) in [6.45, 7) is 1.24. The van der Waals surface area contributed by atoms with Crippen LogP contribution in [-0.2, 0) is 4.79 Å². The predicted molar refractivity (Wildman–Crippen MR) is 71.7 cm³/mol. The first-order valence-corrected chi connectivity index (χ1v) is 5.91. The molecule has 0 radical (unpaired) electrons. The molecule has 0 aliphatic heterocycles. The Morgan fingerprint density at radius 1 is 1.48 bits per heavy atom. The average molecular weight is 299 g/mol. The van der Waals surface area contributed by atoms with Crippen molar-refractivity contribution in [3.05, 3.63) is 33.6 Å². The molecule has 21 heavy (non-hydrogen) atoms. The Kier molecular flexibility index (Phi) is 5.17. The number of nitrogens with one attached hydrogen (secondary N) is 1. The first kappa shape index (κ1) is 16.3. The van der Waals surface area contributed by atoms with E-state index >= 15 is 0 Å². The lowest BCUT2D eigenvalue weighted by Crippen LogP contribution is -2.33. The van der Waals surface area contributed by atoms with Crippen LogP contribution >= 0.6 is 0 Å². The van der Waals surface area contributed by atoms with E-state index in [2.05, 4.69) is 5.32 Å². The van der Waals surface area contributed by atoms with Crippen LogP contribution in [0.15, 0.2) is 12.1 Å². The smallest absolute Gasteiger partial charge is 0.321 e. The highest BCUT2D eigenvalue weighted by Crippen LogP contribution is 2.28. The molecule has 1 aromatic carbocycles. The lowest BCUT2D eigenvalue weighted by atomic mass is 10.1. The Morgan fingerprint density at radius 2 is 2.10 bits per heavy atom. The van der Waals surface area contributed by atoms with Crippen LogP contribution in [0.4, 0.5) is 20.6 Å². The fraction of sp³-hybridized carbons (Fsp3) is 0.333. The summed E-state index contributed by atoms with van der Waals surface area (Å²) in [4.78, 5) is 33.4. The molecule has 0 aliphatic rings. The van der Waals surface area contributed by atoms with Gasteiger partial charge in [-0.05, 0) is 13.0 Å². The summed E-state index contributed by atoms with van der Waals surface area (Å²) in [5.74, 6) is -1.88. The fourth-order valence-electron chi connectivity index (χ4n) is 1.59. The van der Waals surface area contributed by atoms with Crippen molar-refractivity contribution < 1.29 is 24.0 Å². The molecule has 0 fully saturated rings. The summed E-state index contributed by atoms with van der Waals surface area (Å²) in [5.41, 5.74) is -0.628. The third-order valence-corrected chi connectivity index (χ3v) is 2.82. The van der Waals surface area contributed by atoms with Crippen LogP contribution in [0.5, 0.6) is 0 Å². The quantitative estimate of drug-likeness (QED) is 0.637. The number of nitrogens with zero attached hydrogens (tertiary/aromatic N) is 2. The van der Waals surface area contributed by atoms with Gasteiger partial charge in [-0.2, -0.15) is 0 Å². The molecule has 0 spiro atoms. The van der Waals surface area contributed by atoms with E-state index in [1.807, 2.05) is 0 Å². The summed E-state index contributed by atoms with van der Waals surface area (Å²) < 4.78 is 13.7. The molecule has 0 bridgehead atoms. The molecule has 0 aromatic heterocycles. The van der Waals surface area contributed by atoms with Crippen LogP contribution in [0.2, 0.25) is 0 Å². The second-order valence-corrected chi connectivity index (χ2v) is 4.32. The number of urea groups is 1. The van der Waals surface area contributed by atoms with Gasteiger partial charge in [0.15, 0.2) is 0 Å². The minimum absolute atomic E-state index is 0.0139. The SMILES string of the molecule is Cc1c([N+](=O)[O-])ccc(F)c1NC(=O)N(C)CCC(=O)O. The highest BCUT2D eigenvalue weighted by molar-refractivity contribution is 5.91. The van der Waals surface area contributed by atoms with E-state index in [0.717, 1.165) is 17.0 Å². The van der Waals surface area contributed by atoms with E-state index in [1.54, 1.807) is 0 Å². The van der Waals surface area contributed by atoms with Gasteiger partial charge in [0.25, 0.3) is 5.69 Å². The number of hydrogen-bond acceptors (Lipinski definition) is 4. The molecule has 0 saturated heterocycles. The Labute approximate surface area is 119 Å². The average Bonchev–Trinajstić information content (AvgIpc) is 2.39. The molecule has 0 aliphatic carbocycles. The topological polar surface area (TPSA) is 113 Å². The monoisotopic (exact) mass is 299 g/mol. The molecule has 8 nitrogen and oxygen atoms in total. The predicted octanol–water partition coefficient (Wildman–Crippen LogP) is 1.98. The van der Waals surface area contributed by atoms with Gasteiger partial charge in [0, 0.05) is 19.7 Å². The van der Waals surface area contributed by atoms with E-state index in [4.69, 9.17) is 5.11 Å². The molecule has 2 N–H and O–H groups in total. The molecule has 1 aromatic rings. The molecule has 114 valence electrons. The maximum Gasteiger partial charge on any atom is 0.321 e. The van der Waals surface area contributed by atoms with Crippen LogP contribution in [0.1, 0.15) is 12.0 Å².